The first-order valence-electron chi connectivity index (χ1n) is 7.09. The Bertz CT molecular complexity index is 598. The Morgan fingerprint density at radius 2 is 1.41 bits per heavy atom. The van der Waals surface area contributed by atoms with Gasteiger partial charge in [0.2, 0.25) is 0 Å². The highest BCUT2D eigenvalue weighted by atomic mass is 32.2. The molecule has 0 N–H and O–H groups in total. The van der Waals surface area contributed by atoms with Crippen molar-refractivity contribution in [2.75, 3.05) is 5.75 Å². The molecule has 0 aliphatic rings. The van der Waals surface area contributed by atoms with E-state index in [1.807, 2.05) is 67.6 Å². The van der Waals surface area contributed by atoms with Gasteiger partial charge in [-0.3, -0.25) is 4.79 Å². The third-order valence-corrected chi connectivity index (χ3v) is 4.16. The van der Waals surface area contributed by atoms with Crippen LogP contribution in [0.3, 0.4) is 0 Å². The van der Waals surface area contributed by atoms with E-state index in [1.54, 1.807) is 6.92 Å². The van der Waals surface area contributed by atoms with E-state index in [4.69, 9.17) is 4.74 Å². The molecule has 0 aliphatic carbocycles. The number of ether oxygens (including phenoxy) is 1. The number of benzene rings is 2. The molecule has 114 valence electrons. The molecule has 2 aromatic carbocycles. The Balaban J connectivity index is 2.43. The highest BCUT2D eigenvalue weighted by Crippen LogP contribution is 2.33. The molecule has 22 heavy (non-hydrogen) atoms. The van der Waals surface area contributed by atoms with Crippen LogP contribution in [0.4, 0.5) is 4.79 Å². The molecule has 0 aliphatic heterocycles. The maximum absolute atomic E-state index is 12.7. The number of rotatable bonds is 4. The molecule has 0 saturated carbocycles. The van der Waals surface area contributed by atoms with Gasteiger partial charge in [0, 0.05) is 5.75 Å². The Labute approximate surface area is 134 Å². The van der Waals surface area contributed by atoms with Crippen molar-refractivity contribution in [2.24, 2.45) is 0 Å². The normalized spacial score (nSPS) is 11.0. The van der Waals surface area contributed by atoms with Crippen molar-refractivity contribution in [2.45, 2.75) is 19.3 Å². The van der Waals surface area contributed by atoms with Crippen LogP contribution in [-0.2, 0) is 14.9 Å². The van der Waals surface area contributed by atoms with E-state index >= 15 is 0 Å². The fraction of sp³-hybridized carbons (Fsp3) is 0.222. The van der Waals surface area contributed by atoms with Crippen molar-refractivity contribution < 1.29 is 14.3 Å². The molecule has 0 saturated heterocycles. The Morgan fingerprint density at radius 1 is 0.955 bits per heavy atom. The molecule has 0 fully saturated rings. The molecule has 4 heteroatoms. The lowest BCUT2D eigenvalue weighted by molar-refractivity contribution is -0.140. The average molecular weight is 314 g/mol. The monoisotopic (exact) mass is 314 g/mol. The molecular formula is C18H18O3S. The number of carbonyl (C=O) groups excluding carboxylic acids is 2. The predicted molar refractivity (Wildman–Crippen MR) is 89.0 cm³/mol. The molecule has 0 amide bonds. The van der Waals surface area contributed by atoms with Crippen molar-refractivity contribution >= 4 is 23.0 Å². The van der Waals surface area contributed by atoms with Gasteiger partial charge in [0.1, 0.15) is 5.41 Å². The lowest BCUT2D eigenvalue weighted by atomic mass is 9.76. The smallest absolute Gasteiger partial charge is 0.374 e. The van der Waals surface area contributed by atoms with Crippen LogP contribution in [0.5, 0.6) is 0 Å². The summed E-state index contributed by atoms with van der Waals surface area (Å²) in [6.45, 7) is 3.62. The molecule has 3 nitrogen and oxygen atoms in total. The first-order chi connectivity index (χ1) is 10.6. The third-order valence-electron chi connectivity index (χ3n) is 3.55. The number of esters is 1. The number of carbonyl (C=O) groups is 2. The van der Waals surface area contributed by atoms with E-state index in [1.165, 1.54) is 0 Å². The summed E-state index contributed by atoms with van der Waals surface area (Å²) in [5.74, 6) is 0.00955. The van der Waals surface area contributed by atoms with Crippen molar-refractivity contribution in [3.63, 3.8) is 0 Å². The Kier molecular flexibility index (Phi) is 5.39. The summed E-state index contributed by atoms with van der Waals surface area (Å²) in [6.07, 6.45) is 0. The van der Waals surface area contributed by atoms with Crippen molar-refractivity contribution in [3.8, 4) is 0 Å². The van der Waals surface area contributed by atoms with E-state index in [0.717, 1.165) is 22.9 Å². The summed E-state index contributed by atoms with van der Waals surface area (Å²) in [4.78, 5) is 24.4. The third kappa shape index (κ3) is 3.39. The zero-order valence-electron chi connectivity index (χ0n) is 12.6. The van der Waals surface area contributed by atoms with Crippen LogP contribution in [0, 0.1) is 0 Å². The zero-order valence-corrected chi connectivity index (χ0v) is 13.4. The van der Waals surface area contributed by atoms with Gasteiger partial charge in [0.15, 0.2) is 0 Å². The van der Waals surface area contributed by atoms with Crippen LogP contribution >= 0.6 is 11.8 Å². The number of hydrogen-bond donors (Lipinski definition) is 0. The lowest BCUT2D eigenvalue weighted by Crippen LogP contribution is -2.36. The van der Waals surface area contributed by atoms with Crippen molar-refractivity contribution in [1.29, 1.82) is 0 Å². The summed E-state index contributed by atoms with van der Waals surface area (Å²) in [6, 6.07) is 18.7. The summed E-state index contributed by atoms with van der Waals surface area (Å²) >= 11 is 0.984. The topological polar surface area (TPSA) is 43.4 Å². The molecular weight excluding hydrogens is 296 g/mol. The molecule has 2 rings (SSSR count). The first-order valence-corrected chi connectivity index (χ1v) is 8.07. The van der Waals surface area contributed by atoms with Crippen molar-refractivity contribution in [3.05, 3.63) is 71.8 Å². The largest absolute Gasteiger partial charge is 0.384 e. The van der Waals surface area contributed by atoms with Gasteiger partial charge in [0.25, 0.3) is 0 Å². The molecule has 0 bridgehead atoms. The second-order valence-corrected chi connectivity index (χ2v) is 6.13. The quantitative estimate of drug-likeness (QED) is 0.619. The second-order valence-electron chi connectivity index (χ2n) is 4.93. The van der Waals surface area contributed by atoms with Crippen LogP contribution < -0.4 is 0 Å². The average Bonchev–Trinajstić information content (AvgIpc) is 2.55. The maximum Gasteiger partial charge on any atom is 0.374 e. The molecule has 0 heterocycles. The van der Waals surface area contributed by atoms with Gasteiger partial charge < -0.3 is 4.74 Å². The number of thioether (sulfide) groups is 1. The van der Waals surface area contributed by atoms with Gasteiger partial charge in [0.05, 0.1) is 0 Å². The van der Waals surface area contributed by atoms with Crippen LogP contribution in [0.1, 0.15) is 25.0 Å². The van der Waals surface area contributed by atoms with E-state index < -0.39 is 16.7 Å². The molecule has 0 aromatic heterocycles. The van der Waals surface area contributed by atoms with Gasteiger partial charge in [-0.25, -0.2) is 4.79 Å². The zero-order chi connectivity index (χ0) is 16.0. The second kappa shape index (κ2) is 7.27. The van der Waals surface area contributed by atoms with Crippen molar-refractivity contribution in [1.82, 2.24) is 0 Å². The van der Waals surface area contributed by atoms with Crippen LogP contribution in [-0.4, -0.2) is 17.0 Å². The molecule has 0 atom stereocenters. The van der Waals surface area contributed by atoms with Crippen LogP contribution in [0.15, 0.2) is 60.7 Å². The van der Waals surface area contributed by atoms with Crippen LogP contribution in [0.2, 0.25) is 0 Å². The van der Waals surface area contributed by atoms with Gasteiger partial charge >= 0.3 is 11.3 Å². The van der Waals surface area contributed by atoms with Gasteiger partial charge in [-0.15, -0.1) is 0 Å². The molecule has 0 spiro atoms. The first kappa shape index (κ1) is 16.3. The summed E-state index contributed by atoms with van der Waals surface area (Å²) < 4.78 is 5.05. The van der Waals surface area contributed by atoms with Crippen LogP contribution in [0.25, 0.3) is 0 Å². The minimum Gasteiger partial charge on any atom is -0.384 e. The van der Waals surface area contributed by atoms with Gasteiger partial charge in [-0.1, -0.05) is 67.6 Å². The lowest BCUT2D eigenvalue weighted by Gasteiger charge is -2.27. The Hall–Kier alpha value is -2.07. The minimum atomic E-state index is -1.02. The highest BCUT2D eigenvalue weighted by molar-refractivity contribution is 8.13. The summed E-state index contributed by atoms with van der Waals surface area (Å²) in [5.41, 5.74) is 0.563. The number of hydrogen-bond acceptors (Lipinski definition) is 4. The van der Waals surface area contributed by atoms with Gasteiger partial charge in [-0.2, -0.15) is 0 Å². The summed E-state index contributed by atoms with van der Waals surface area (Å²) in [7, 11) is 0. The molecule has 0 unspecified atom stereocenters. The van der Waals surface area contributed by atoms with E-state index in [0.29, 0.717) is 5.75 Å². The van der Waals surface area contributed by atoms with Gasteiger partial charge in [-0.05, 0) is 29.8 Å². The summed E-state index contributed by atoms with van der Waals surface area (Å²) in [5, 5.41) is -0.564. The molecule has 0 radical (unpaired) electrons. The standard InChI is InChI=1S/C18H18O3S/c1-3-22-17(20)21-16(19)18(2,14-10-6-4-7-11-14)15-12-8-5-9-13-15/h4-13H,3H2,1-2H3. The minimum absolute atomic E-state index is 0.559. The fourth-order valence-corrected chi connectivity index (χ4v) is 2.64. The fourth-order valence-electron chi connectivity index (χ4n) is 2.27. The SMILES string of the molecule is CCSC(=O)OC(=O)C(C)(c1ccccc1)c1ccccc1. The Morgan fingerprint density at radius 3 is 1.82 bits per heavy atom. The van der Waals surface area contributed by atoms with E-state index in [9.17, 15) is 9.59 Å². The highest BCUT2D eigenvalue weighted by Gasteiger charge is 2.39. The maximum atomic E-state index is 12.7. The predicted octanol–water partition coefficient (Wildman–Crippen LogP) is 4.41. The van der Waals surface area contributed by atoms with E-state index in [-0.39, 0.29) is 0 Å². The van der Waals surface area contributed by atoms with E-state index in [2.05, 4.69) is 0 Å². The molecule has 2 aromatic rings.